The van der Waals surface area contributed by atoms with Crippen molar-refractivity contribution in [3.8, 4) is 5.69 Å². The van der Waals surface area contributed by atoms with Gasteiger partial charge in [-0.3, -0.25) is 9.13 Å². The maximum atomic E-state index is 13.2. The Morgan fingerprint density at radius 3 is 2.13 bits per heavy atom. The van der Waals surface area contributed by atoms with Crippen molar-refractivity contribution in [2.75, 3.05) is 0 Å². The van der Waals surface area contributed by atoms with E-state index in [-0.39, 0.29) is 5.69 Å². The van der Waals surface area contributed by atoms with Gasteiger partial charge in [-0.1, -0.05) is 83.5 Å². The second kappa shape index (κ2) is 9.79. The van der Waals surface area contributed by atoms with E-state index in [9.17, 15) is 4.79 Å². The molecule has 0 aliphatic rings. The summed E-state index contributed by atoms with van der Waals surface area (Å²) < 4.78 is 3.43. The lowest BCUT2D eigenvalue weighted by atomic mass is 10.2. The molecule has 0 bridgehead atoms. The Balaban J connectivity index is 1.73. The zero-order valence-electron chi connectivity index (χ0n) is 16.9. The number of aromatic nitrogens is 2. The summed E-state index contributed by atoms with van der Waals surface area (Å²) in [6.07, 6.45) is 0. The Hall–Kier alpha value is -2.44. The van der Waals surface area contributed by atoms with Crippen molar-refractivity contribution < 1.29 is 0 Å². The summed E-state index contributed by atoms with van der Waals surface area (Å²) in [5.41, 5.74) is 2.79. The van der Waals surface area contributed by atoms with Gasteiger partial charge in [0.25, 0.3) is 0 Å². The standard InChI is InChI=1S/C24H21Cl2N3OS/c1-28-22(16-27-15-17-8-4-2-5-9-17)23(31-21-13-18(25)12-19(26)14-21)29(24(28)30)20-10-6-3-7-11-20/h2-14,27H,15-16H2,1H3. The Kier molecular flexibility index (Phi) is 6.88. The first-order valence-electron chi connectivity index (χ1n) is 9.77. The summed E-state index contributed by atoms with van der Waals surface area (Å²) in [4.78, 5) is 14.1. The first-order valence-corrected chi connectivity index (χ1v) is 11.3. The van der Waals surface area contributed by atoms with E-state index in [1.54, 1.807) is 22.2 Å². The van der Waals surface area contributed by atoms with Gasteiger partial charge in [0.1, 0.15) is 5.03 Å². The van der Waals surface area contributed by atoms with E-state index in [2.05, 4.69) is 17.4 Å². The van der Waals surface area contributed by atoms with Crippen molar-refractivity contribution in [2.24, 2.45) is 7.05 Å². The summed E-state index contributed by atoms with van der Waals surface area (Å²) in [5, 5.41) is 5.41. The van der Waals surface area contributed by atoms with E-state index in [4.69, 9.17) is 23.2 Å². The van der Waals surface area contributed by atoms with Crippen LogP contribution in [0.1, 0.15) is 11.3 Å². The van der Waals surface area contributed by atoms with Crippen LogP contribution < -0.4 is 11.0 Å². The zero-order chi connectivity index (χ0) is 21.8. The molecular formula is C24H21Cl2N3OS. The fourth-order valence-corrected chi connectivity index (χ4v) is 5.20. The highest BCUT2D eigenvalue weighted by atomic mass is 35.5. The van der Waals surface area contributed by atoms with Gasteiger partial charge in [-0.2, -0.15) is 0 Å². The zero-order valence-corrected chi connectivity index (χ0v) is 19.2. The van der Waals surface area contributed by atoms with Gasteiger partial charge in [0.05, 0.1) is 11.4 Å². The number of hydrogen-bond acceptors (Lipinski definition) is 3. The lowest BCUT2D eigenvalue weighted by molar-refractivity contribution is 0.641. The van der Waals surface area contributed by atoms with Crippen LogP contribution in [0.2, 0.25) is 10.0 Å². The molecule has 1 heterocycles. The van der Waals surface area contributed by atoms with Crippen molar-refractivity contribution >= 4 is 35.0 Å². The molecule has 4 rings (SSSR count). The molecule has 0 saturated carbocycles. The number of halogens is 2. The molecule has 0 radical (unpaired) electrons. The summed E-state index contributed by atoms with van der Waals surface area (Å²) in [5.74, 6) is 0. The first-order chi connectivity index (χ1) is 15.0. The van der Waals surface area contributed by atoms with Gasteiger partial charge < -0.3 is 5.32 Å². The van der Waals surface area contributed by atoms with Crippen molar-refractivity contribution in [3.05, 3.63) is 111 Å². The molecule has 0 saturated heterocycles. The van der Waals surface area contributed by atoms with E-state index < -0.39 is 0 Å². The van der Waals surface area contributed by atoms with Crippen molar-refractivity contribution in [2.45, 2.75) is 23.0 Å². The highest BCUT2D eigenvalue weighted by Crippen LogP contribution is 2.35. The molecule has 0 unspecified atom stereocenters. The average molecular weight is 470 g/mol. The van der Waals surface area contributed by atoms with Crippen molar-refractivity contribution in [1.82, 2.24) is 14.5 Å². The molecule has 31 heavy (non-hydrogen) atoms. The number of para-hydroxylation sites is 1. The fraction of sp³-hybridized carbons (Fsp3) is 0.125. The lowest BCUT2D eigenvalue weighted by Gasteiger charge is -2.11. The van der Waals surface area contributed by atoms with Crippen LogP contribution in [0.4, 0.5) is 0 Å². The Labute approximate surface area is 195 Å². The maximum Gasteiger partial charge on any atom is 0.333 e. The van der Waals surface area contributed by atoms with Gasteiger partial charge in [0.15, 0.2) is 0 Å². The number of rotatable bonds is 7. The average Bonchev–Trinajstić information content (AvgIpc) is 2.98. The molecular weight excluding hydrogens is 449 g/mol. The topological polar surface area (TPSA) is 39.0 Å². The third kappa shape index (κ3) is 5.08. The molecule has 0 spiro atoms. The first kappa shape index (κ1) is 21.8. The highest BCUT2D eigenvalue weighted by molar-refractivity contribution is 7.99. The van der Waals surface area contributed by atoms with Gasteiger partial charge >= 0.3 is 5.69 Å². The SMILES string of the molecule is Cn1c(CNCc2ccccc2)c(Sc2cc(Cl)cc(Cl)c2)n(-c2ccccc2)c1=O. The fourth-order valence-electron chi connectivity index (χ4n) is 3.35. The highest BCUT2D eigenvalue weighted by Gasteiger charge is 2.20. The third-order valence-corrected chi connectivity index (χ3v) is 6.38. The van der Waals surface area contributed by atoms with Crippen molar-refractivity contribution in [1.29, 1.82) is 0 Å². The van der Waals surface area contributed by atoms with Crippen LogP contribution in [0, 0.1) is 0 Å². The number of benzene rings is 3. The molecule has 0 aliphatic heterocycles. The lowest BCUT2D eigenvalue weighted by Crippen LogP contribution is -2.23. The molecule has 4 nitrogen and oxygen atoms in total. The van der Waals surface area contributed by atoms with Crippen LogP contribution in [0.15, 0.2) is 93.6 Å². The third-order valence-electron chi connectivity index (χ3n) is 4.86. The summed E-state index contributed by atoms with van der Waals surface area (Å²) in [6.45, 7) is 1.25. The van der Waals surface area contributed by atoms with E-state index in [1.165, 1.54) is 17.3 Å². The van der Waals surface area contributed by atoms with Gasteiger partial charge in [0.2, 0.25) is 0 Å². The van der Waals surface area contributed by atoms with E-state index in [0.29, 0.717) is 23.1 Å². The normalized spacial score (nSPS) is 11.1. The minimum atomic E-state index is -0.0988. The quantitative estimate of drug-likeness (QED) is 0.364. The number of imidazole rings is 1. The second-order valence-electron chi connectivity index (χ2n) is 7.06. The molecule has 3 aromatic carbocycles. The van der Waals surface area contributed by atoms with E-state index >= 15 is 0 Å². The largest absolute Gasteiger partial charge is 0.333 e. The minimum Gasteiger partial charge on any atom is -0.307 e. The summed E-state index contributed by atoms with van der Waals surface area (Å²) in [6, 6.07) is 25.2. The molecule has 4 aromatic rings. The smallest absolute Gasteiger partial charge is 0.307 e. The maximum absolute atomic E-state index is 13.2. The van der Waals surface area contributed by atoms with Crippen LogP contribution in [-0.2, 0) is 20.1 Å². The second-order valence-corrected chi connectivity index (χ2v) is 9.00. The monoisotopic (exact) mass is 469 g/mol. The van der Waals surface area contributed by atoms with Crippen LogP contribution >= 0.6 is 35.0 Å². The molecule has 1 N–H and O–H groups in total. The molecule has 0 fully saturated rings. The van der Waals surface area contributed by atoms with Gasteiger partial charge in [0, 0.05) is 35.1 Å². The Morgan fingerprint density at radius 1 is 0.871 bits per heavy atom. The predicted octanol–water partition coefficient (Wildman–Crippen LogP) is 5.92. The van der Waals surface area contributed by atoms with Crippen LogP contribution in [0.5, 0.6) is 0 Å². The molecule has 7 heteroatoms. The predicted molar refractivity (Wildman–Crippen MR) is 129 cm³/mol. The molecule has 1 aromatic heterocycles. The molecule has 0 aliphatic carbocycles. The Morgan fingerprint density at radius 2 is 1.48 bits per heavy atom. The Bertz CT molecular complexity index is 1220. The van der Waals surface area contributed by atoms with Gasteiger partial charge in [-0.05, 0) is 35.9 Å². The summed E-state index contributed by atoms with van der Waals surface area (Å²) in [7, 11) is 1.80. The number of nitrogens with zero attached hydrogens (tertiary/aromatic N) is 2. The molecule has 0 amide bonds. The number of nitrogens with one attached hydrogen (secondary N) is 1. The van der Waals surface area contributed by atoms with Gasteiger partial charge in [-0.25, -0.2) is 4.79 Å². The minimum absolute atomic E-state index is 0.0988. The van der Waals surface area contributed by atoms with Gasteiger partial charge in [-0.15, -0.1) is 0 Å². The molecule has 158 valence electrons. The number of hydrogen-bond donors (Lipinski definition) is 1. The van der Waals surface area contributed by atoms with Crippen molar-refractivity contribution in [3.63, 3.8) is 0 Å². The van der Waals surface area contributed by atoms with E-state index in [0.717, 1.165) is 21.3 Å². The summed E-state index contributed by atoms with van der Waals surface area (Å²) >= 11 is 13.9. The molecule has 0 atom stereocenters. The van der Waals surface area contributed by atoms with Crippen LogP contribution in [-0.4, -0.2) is 9.13 Å². The van der Waals surface area contributed by atoms with E-state index in [1.807, 2.05) is 60.7 Å². The van der Waals surface area contributed by atoms with Crippen LogP contribution in [0.3, 0.4) is 0 Å². The van der Waals surface area contributed by atoms with Crippen LogP contribution in [0.25, 0.3) is 5.69 Å².